The summed E-state index contributed by atoms with van der Waals surface area (Å²) >= 11 is 0. The summed E-state index contributed by atoms with van der Waals surface area (Å²) in [6, 6.07) is 6.27. The Labute approximate surface area is 94.5 Å². The summed E-state index contributed by atoms with van der Waals surface area (Å²) in [5.41, 5.74) is 0.929. The monoisotopic (exact) mass is 222 g/mol. The van der Waals surface area contributed by atoms with Gasteiger partial charge in [0, 0.05) is 6.54 Å². The van der Waals surface area contributed by atoms with Crippen molar-refractivity contribution in [2.75, 3.05) is 6.54 Å². The van der Waals surface area contributed by atoms with E-state index in [2.05, 4.69) is 5.32 Å². The van der Waals surface area contributed by atoms with Crippen LogP contribution in [-0.2, 0) is 6.54 Å². The van der Waals surface area contributed by atoms with Crippen LogP contribution in [0.5, 0.6) is 0 Å². The number of rotatable bonds is 5. The van der Waals surface area contributed by atoms with E-state index in [-0.39, 0.29) is 11.7 Å². The lowest BCUT2D eigenvalue weighted by Gasteiger charge is -2.07. The van der Waals surface area contributed by atoms with Gasteiger partial charge in [-0.25, -0.2) is 4.39 Å². The van der Waals surface area contributed by atoms with Gasteiger partial charge in [0.2, 0.25) is 0 Å². The van der Waals surface area contributed by atoms with Crippen molar-refractivity contribution < 1.29 is 9.50 Å². The second kappa shape index (κ2) is 6.21. The van der Waals surface area contributed by atoms with Crippen LogP contribution in [0.25, 0.3) is 0 Å². The number of aliphatic hydroxyl groups is 1. The number of hydrogen-bond donors (Lipinski definition) is 2. The molecule has 0 heterocycles. The highest BCUT2D eigenvalue weighted by molar-refractivity contribution is 5.34. The van der Waals surface area contributed by atoms with Crippen LogP contribution in [-0.4, -0.2) is 17.8 Å². The van der Waals surface area contributed by atoms with Gasteiger partial charge in [-0.1, -0.05) is 6.07 Å². The predicted molar refractivity (Wildman–Crippen MR) is 59.1 cm³/mol. The third-order valence-electron chi connectivity index (χ3n) is 2.22. The maximum atomic E-state index is 13.0. The smallest absolute Gasteiger partial charge is 0.140 e. The van der Waals surface area contributed by atoms with Gasteiger partial charge in [0.1, 0.15) is 11.9 Å². The van der Waals surface area contributed by atoms with Crippen molar-refractivity contribution in [3.05, 3.63) is 35.1 Å². The Morgan fingerprint density at radius 2 is 2.31 bits per heavy atom. The number of benzene rings is 1. The molecule has 0 spiro atoms. The zero-order valence-electron chi connectivity index (χ0n) is 9.20. The molecular weight excluding hydrogens is 207 g/mol. The van der Waals surface area contributed by atoms with Crippen molar-refractivity contribution in [1.82, 2.24) is 5.32 Å². The second-order valence-electron chi connectivity index (χ2n) is 3.74. The summed E-state index contributed by atoms with van der Waals surface area (Å²) in [6.07, 6.45) is 0.349. The molecule has 0 aliphatic heterocycles. The fraction of sp³-hybridized carbons (Fsp3) is 0.417. The molecule has 0 aliphatic carbocycles. The van der Waals surface area contributed by atoms with Crippen LogP contribution in [0.4, 0.5) is 4.39 Å². The average Bonchev–Trinajstić information content (AvgIpc) is 2.26. The van der Waals surface area contributed by atoms with Crippen molar-refractivity contribution in [2.24, 2.45) is 0 Å². The third kappa shape index (κ3) is 3.97. The third-order valence-corrected chi connectivity index (χ3v) is 2.22. The van der Waals surface area contributed by atoms with Crippen LogP contribution in [0.3, 0.4) is 0 Å². The van der Waals surface area contributed by atoms with Crippen molar-refractivity contribution in [3.63, 3.8) is 0 Å². The highest BCUT2D eigenvalue weighted by Gasteiger charge is 2.02. The second-order valence-corrected chi connectivity index (χ2v) is 3.74. The normalized spacial score (nSPS) is 12.1. The molecule has 0 aromatic heterocycles. The lowest BCUT2D eigenvalue weighted by atomic mass is 10.1. The Bertz CT molecular complexity index is 385. The quantitative estimate of drug-likeness (QED) is 0.743. The molecule has 1 unspecified atom stereocenters. The number of nitrogens with zero attached hydrogens (tertiary/aromatic N) is 1. The Morgan fingerprint density at radius 1 is 1.56 bits per heavy atom. The van der Waals surface area contributed by atoms with Crippen molar-refractivity contribution in [2.45, 2.75) is 26.0 Å². The van der Waals surface area contributed by atoms with Crippen LogP contribution in [0, 0.1) is 17.1 Å². The molecule has 2 N–H and O–H groups in total. The van der Waals surface area contributed by atoms with E-state index >= 15 is 0 Å². The van der Waals surface area contributed by atoms with Gasteiger partial charge in [0.25, 0.3) is 0 Å². The van der Waals surface area contributed by atoms with Gasteiger partial charge in [-0.3, -0.25) is 0 Å². The topological polar surface area (TPSA) is 56.0 Å². The molecule has 0 aliphatic rings. The number of aliphatic hydroxyl groups excluding tert-OH is 1. The minimum atomic E-state index is -0.491. The average molecular weight is 222 g/mol. The first-order valence-corrected chi connectivity index (χ1v) is 5.21. The fourth-order valence-electron chi connectivity index (χ4n) is 1.31. The van der Waals surface area contributed by atoms with Crippen LogP contribution < -0.4 is 5.32 Å². The minimum Gasteiger partial charge on any atom is -0.393 e. The van der Waals surface area contributed by atoms with Crippen molar-refractivity contribution in [3.8, 4) is 6.07 Å². The Kier molecular flexibility index (Phi) is 4.90. The fourth-order valence-corrected chi connectivity index (χ4v) is 1.31. The minimum absolute atomic E-state index is 0.0647. The Hall–Kier alpha value is -1.44. The maximum absolute atomic E-state index is 13.0. The molecule has 0 fully saturated rings. The van der Waals surface area contributed by atoms with Gasteiger partial charge in [0.05, 0.1) is 11.7 Å². The first-order valence-electron chi connectivity index (χ1n) is 5.21. The Morgan fingerprint density at radius 3 is 2.94 bits per heavy atom. The number of nitrogens with one attached hydrogen (secondary N) is 1. The standard InChI is InChI=1S/C12H15FN2O/c1-9(16)4-5-15-8-10-2-3-12(13)11(6-10)7-14/h2-3,6,9,15-16H,4-5,8H2,1H3. The first kappa shape index (κ1) is 12.6. The largest absolute Gasteiger partial charge is 0.393 e. The van der Waals surface area contributed by atoms with E-state index in [9.17, 15) is 4.39 Å². The van der Waals surface area contributed by atoms with Crippen LogP contribution in [0.15, 0.2) is 18.2 Å². The van der Waals surface area contributed by atoms with E-state index in [0.29, 0.717) is 19.5 Å². The highest BCUT2D eigenvalue weighted by atomic mass is 19.1. The lowest BCUT2D eigenvalue weighted by Crippen LogP contribution is -2.18. The van der Waals surface area contributed by atoms with Crippen molar-refractivity contribution >= 4 is 0 Å². The molecular formula is C12H15FN2O. The summed E-state index contributed by atoms with van der Waals surface area (Å²) in [6.45, 7) is 2.99. The van der Waals surface area contributed by atoms with Gasteiger partial charge in [-0.15, -0.1) is 0 Å². The van der Waals surface area contributed by atoms with Gasteiger partial charge in [-0.05, 0) is 37.6 Å². The molecule has 0 radical (unpaired) electrons. The van der Waals surface area contributed by atoms with Gasteiger partial charge < -0.3 is 10.4 Å². The molecule has 0 saturated heterocycles. The highest BCUT2D eigenvalue weighted by Crippen LogP contribution is 2.09. The molecule has 0 amide bonds. The van der Waals surface area contributed by atoms with Crippen LogP contribution in [0.1, 0.15) is 24.5 Å². The molecule has 1 rings (SSSR count). The van der Waals surface area contributed by atoms with Gasteiger partial charge in [-0.2, -0.15) is 5.26 Å². The molecule has 1 aromatic carbocycles. The maximum Gasteiger partial charge on any atom is 0.140 e. The summed E-state index contributed by atoms with van der Waals surface area (Å²) in [4.78, 5) is 0. The van der Waals surface area contributed by atoms with E-state index in [1.54, 1.807) is 19.1 Å². The summed E-state index contributed by atoms with van der Waals surface area (Å²) in [5.74, 6) is -0.491. The zero-order valence-corrected chi connectivity index (χ0v) is 9.20. The number of hydrogen-bond acceptors (Lipinski definition) is 3. The van der Waals surface area contributed by atoms with Crippen LogP contribution in [0.2, 0.25) is 0 Å². The summed E-state index contributed by atoms with van der Waals surface area (Å²) in [5, 5.41) is 20.8. The zero-order chi connectivity index (χ0) is 12.0. The van der Waals surface area contributed by atoms with E-state index in [4.69, 9.17) is 10.4 Å². The van der Waals surface area contributed by atoms with Crippen molar-refractivity contribution in [1.29, 1.82) is 5.26 Å². The summed E-state index contributed by atoms with van der Waals surface area (Å²) in [7, 11) is 0. The SMILES string of the molecule is CC(O)CCNCc1ccc(F)c(C#N)c1. The molecule has 0 saturated carbocycles. The van der Waals surface area contributed by atoms with E-state index in [1.807, 2.05) is 0 Å². The molecule has 16 heavy (non-hydrogen) atoms. The first-order chi connectivity index (χ1) is 7.63. The lowest BCUT2D eigenvalue weighted by molar-refractivity contribution is 0.183. The molecule has 1 aromatic rings. The molecule has 4 heteroatoms. The van der Waals surface area contributed by atoms with E-state index < -0.39 is 5.82 Å². The van der Waals surface area contributed by atoms with E-state index in [1.165, 1.54) is 12.1 Å². The molecule has 0 bridgehead atoms. The van der Waals surface area contributed by atoms with Gasteiger partial charge in [0.15, 0.2) is 0 Å². The molecule has 86 valence electrons. The van der Waals surface area contributed by atoms with E-state index in [0.717, 1.165) is 5.56 Å². The van der Waals surface area contributed by atoms with Gasteiger partial charge >= 0.3 is 0 Å². The predicted octanol–water partition coefficient (Wildman–Crippen LogP) is 1.56. The van der Waals surface area contributed by atoms with Crippen LogP contribution >= 0.6 is 0 Å². The molecule has 3 nitrogen and oxygen atoms in total. The Balaban J connectivity index is 2.46. The number of halogens is 1. The molecule has 1 atom stereocenters. The number of nitriles is 1. The summed E-state index contributed by atoms with van der Waals surface area (Å²) < 4.78 is 13.0.